The smallest absolute Gasteiger partial charge is 0.163 e. The second-order valence-electron chi connectivity index (χ2n) is 7.75. The molecule has 0 bridgehead atoms. The van der Waals surface area contributed by atoms with Crippen LogP contribution in [0.1, 0.15) is 37.8 Å². The molecule has 1 aromatic carbocycles. The van der Waals surface area contributed by atoms with Crippen molar-refractivity contribution in [2.75, 3.05) is 0 Å². The lowest BCUT2D eigenvalue weighted by Crippen LogP contribution is -2.48. The highest BCUT2D eigenvalue weighted by atomic mass is 35.5. The number of fused-ring (bicyclic) bond motifs is 1. The Morgan fingerprint density at radius 2 is 1.96 bits per heavy atom. The van der Waals surface area contributed by atoms with Gasteiger partial charge in [-0.05, 0) is 42.2 Å². The predicted molar refractivity (Wildman–Crippen MR) is 104 cm³/mol. The summed E-state index contributed by atoms with van der Waals surface area (Å²) in [4.78, 5) is 21.7. The molecule has 1 aliphatic carbocycles. The number of benzene rings is 1. The molecule has 1 aliphatic heterocycles. The summed E-state index contributed by atoms with van der Waals surface area (Å²) in [5.74, 6) is 0.290. The Morgan fingerprint density at radius 1 is 1.22 bits per heavy atom. The van der Waals surface area contributed by atoms with Crippen LogP contribution in [0.2, 0.25) is 5.02 Å². The maximum absolute atomic E-state index is 13.5. The van der Waals surface area contributed by atoms with Gasteiger partial charge in [0.2, 0.25) is 0 Å². The Morgan fingerprint density at radius 3 is 2.67 bits per heavy atom. The number of ketones is 1. The van der Waals surface area contributed by atoms with Gasteiger partial charge in [-0.3, -0.25) is 9.78 Å². The van der Waals surface area contributed by atoms with Crippen molar-refractivity contribution in [2.24, 2.45) is 10.4 Å². The van der Waals surface area contributed by atoms with Gasteiger partial charge in [-0.25, -0.2) is 9.38 Å². The lowest BCUT2D eigenvalue weighted by atomic mass is 9.71. The Hall–Kier alpha value is -2.53. The quantitative estimate of drug-likeness (QED) is 0.836. The minimum atomic E-state index is -0.422. The number of nitrogens with one attached hydrogen (secondary N) is 1. The number of aromatic nitrogens is 1. The van der Waals surface area contributed by atoms with Crippen LogP contribution in [0, 0.1) is 11.2 Å². The molecule has 0 radical (unpaired) electrons. The van der Waals surface area contributed by atoms with E-state index in [4.69, 9.17) is 16.6 Å². The molecule has 0 spiro atoms. The number of aliphatic imine (C=N–C) groups is 1. The maximum Gasteiger partial charge on any atom is 0.163 e. The van der Waals surface area contributed by atoms with Gasteiger partial charge in [0, 0.05) is 35.5 Å². The molecule has 0 saturated heterocycles. The molecule has 1 N–H and O–H groups in total. The monoisotopic (exact) mass is 383 g/mol. The first kappa shape index (κ1) is 17.9. The topological polar surface area (TPSA) is 54.4 Å². The molecule has 27 heavy (non-hydrogen) atoms. The number of pyridine rings is 1. The van der Waals surface area contributed by atoms with E-state index in [0.29, 0.717) is 29.1 Å². The number of halogens is 2. The van der Waals surface area contributed by atoms with E-state index >= 15 is 0 Å². The van der Waals surface area contributed by atoms with Crippen molar-refractivity contribution in [3.8, 4) is 0 Å². The van der Waals surface area contributed by atoms with Crippen LogP contribution in [-0.2, 0) is 4.79 Å². The molecular weight excluding hydrogens is 365 g/mol. The normalized spacial score (nSPS) is 21.4. The van der Waals surface area contributed by atoms with Gasteiger partial charge >= 0.3 is 0 Å². The first-order chi connectivity index (χ1) is 12.8. The molecule has 2 heterocycles. The van der Waals surface area contributed by atoms with Gasteiger partial charge < -0.3 is 5.32 Å². The van der Waals surface area contributed by atoms with Gasteiger partial charge in [0.15, 0.2) is 5.78 Å². The SMILES string of the molecule is CC1(C)CC(=O)C2=C(c3ccc(F)cc3Cl)N=C(c3ccncc3)NC2C1. The number of hydrogen-bond donors (Lipinski definition) is 1. The van der Waals surface area contributed by atoms with Crippen LogP contribution in [0.25, 0.3) is 5.70 Å². The lowest BCUT2D eigenvalue weighted by Gasteiger charge is -2.39. The summed E-state index contributed by atoms with van der Waals surface area (Å²) < 4.78 is 13.5. The molecule has 1 saturated carbocycles. The Kier molecular flexibility index (Phi) is 4.35. The summed E-state index contributed by atoms with van der Waals surface area (Å²) in [5, 5.41) is 3.66. The van der Waals surface area contributed by atoms with E-state index in [9.17, 15) is 9.18 Å². The van der Waals surface area contributed by atoms with E-state index in [0.717, 1.165) is 12.0 Å². The largest absolute Gasteiger partial charge is 0.363 e. The molecule has 2 aliphatic rings. The van der Waals surface area contributed by atoms with Crippen LogP contribution in [0.3, 0.4) is 0 Å². The van der Waals surface area contributed by atoms with Gasteiger partial charge in [0.25, 0.3) is 0 Å². The Bertz CT molecular complexity index is 982. The van der Waals surface area contributed by atoms with Crippen molar-refractivity contribution in [3.05, 3.63) is 70.3 Å². The fourth-order valence-corrected chi connectivity index (χ4v) is 4.04. The minimum Gasteiger partial charge on any atom is -0.363 e. The van der Waals surface area contributed by atoms with Gasteiger partial charge in [-0.2, -0.15) is 0 Å². The summed E-state index contributed by atoms with van der Waals surface area (Å²) in [7, 11) is 0. The van der Waals surface area contributed by atoms with Crippen molar-refractivity contribution in [1.29, 1.82) is 0 Å². The van der Waals surface area contributed by atoms with Crippen LogP contribution < -0.4 is 5.32 Å². The number of Topliss-reactive ketones (excluding diaryl/α,β-unsaturated/α-hetero) is 1. The molecule has 1 atom stereocenters. The molecule has 1 aromatic heterocycles. The number of nitrogens with zero attached hydrogens (tertiary/aromatic N) is 2. The fourth-order valence-electron chi connectivity index (χ4n) is 3.79. The third-order valence-electron chi connectivity index (χ3n) is 4.97. The van der Waals surface area contributed by atoms with Crippen LogP contribution in [0.5, 0.6) is 0 Å². The number of rotatable bonds is 2. The first-order valence-electron chi connectivity index (χ1n) is 8.82. The zero-order valence-corrected chi connectivity index (χ0v) is 15.8. The van der Waals surface area contributed by atoms with Gasteiger partial charge in [-0.1, -0.05) is 25.4 Å². The molecule has 0 amide bonds. The average Bonchev–Trinajstić information content (AvgIpc) is 2.60. The number of carbonyl (C=O) groups is 1. The predicted octanol–water partition coefficient (Wildman–Crippen LogP) is 4.39. The summed E-state index contributed by atoms with van der Waals surface area (Å²) >= 11 is 6.31. The summed E-state index contributed by atoms with van der Waals surface area (Å²) in [5.41, 5.74) is 2.47. The highest BCUT2D eigenvalue weighted by Gasteiger charge is 2.41. The lowest BCUT2D eigenvalue weighted by molar-refractivity contribution is -0.119. The summed E-state index contributed by atoms with van der Waals surface area (Å²) in [6.07, 6.45) is 4.63. The molecule has 4 rings (SSSR count). The van der Waals surface area contributed by atoms with Crippen LogP contribution in [0.4, 0.5) is 4.39 Å². The highest BCUT2D eigenvalue weighted by Crippen LogP contribution is 2.42. The number of amidine groups is 1. The number of hydrogen-bond acceptors (Lipinski definition) is 4. The van der Waals surface area contributed by atoms with E-state index in [1.54, 1.807) is 18.5 Å². The van der Waals surface area contributed by atoms with Crippen molar-refractivity contribution in [3.63, 3.8) is 0 Å². The van der Waals surface area contributed by atoms with E-state index in [-0.39, 0.29) is 22.3 Å². The third-order valence-corrected chi connectivity index (χ3v) is 5.29. The van der Waals surface area contributed by atoms with Gasteiger partial charge in [0.05, 0.1) is 16.8 Å². The Labute approximate surface area is 162 Å². The van der Waals surface area contributed by atoms with Gasteiger partial charge in [-0.15, -0.1) is 0 Å². The van der Waals surface area contributed by atoms with E-state index in [2.05, 4.69) is 24.1 Å². The second kappa shape index (κ2) is 6.57. The first-order valence-corrected chi connectivity index (χ1v) is 9.20. The third kappa shape index (κ3) is 3.39. The zero-order chi connectivity index (χ0) is 19.2. The fraction of sp³-hybridized carbons (Fsp3) is 0.286. The van der Waals surface area contributed by atoms with Crippen LogP contribution >= 0.6 is 11.6 Å². The second-order valence-corrected chi connectivity index (χ2v) is 8.16. The summed E-state index contributed by atoms with van der Waals surface area (Å²) in [6, 6.07) is 7.72. The summed E-state index contributed by atoms with van der Waals surface area (Å²) in [6.45, 7) is 4.18. The molecule has 1 fully saturated rings. The molecular formula is C21H19ClFN3O. The van der Waals surface area contributed by atoms with E-state index < -0.39 is 5.82 Å². The standard InChI is InChI=1S/C21H19ClFN3O/c1-21(2)10-16-18(17(27)11-21)19(14-4-3-13(23)9-15(14)22)26-20(25-16)12-5-7-24-8-6-12/h3-9,16H,10-11H2,1-2H3,(H,25,26). The Balaban J connectivity index is 1.92. The zero-order valence-electron chi connectivity index (χ0n) is 15.1. The molecule has 2 aromatic rings. The maximum atomic E-state index is 13.5. The van der Waals surface area contributed by atoms with Gasteiger partial charge in [0.1, 0.15) is 11.7 Å². The minimum absolute atomic E-state index is 0.0525. The molecule has 4 nitrogen and oxygen atoms in total. The molecule has 1 unspecified atom stereocenters. The van der Waals surface area contributed by atoms with Crippen LogP contribution in [0.15, 0.2) is 53.3 Å². The van der Waals surface area contributed by atoms with E-state index in [1.807, 2.05) is 12.1 Å². The molecule has 138 valence electrons. The average molecular weight is 384 g/mol. The molecule has 6 heteroatoms. The van der Waals surface area contributed by atoms with Crippen LogP contribution in [-0.4, -0.2) is 22.6 Å². The van der Waals surface area contributed by atoms with Crippen molar-refractivity contribution in [1.82, 2.24) is 10.3 Å². The van der Waals surface area contributed by atoms with Crippen molar-refractivity contribution in [2.45, 2.75) is 32.7 Å². The number of carbonyl (C=O) groups excluding carboxylic acids is 1. The van der Waals surface area contributed by atoms with Crippen molar-refractivity contribution < 1.29 is 9.18 Å². The highest BCUT2D eigenvalue weighted by molar-refractivity contribution is 6.32. The van der Waals surface area contributed by atoms with E-state index in [1.165, 1.54) is 12.1 Å². The van der Waals surface area contributed by atoms with Crippen molar-refractivity contribution >= 4 is 28.9 Å².